The van der Waals surface area contributed by atoms with Crippen LogP contribution >= 0.6 is 0 Å². The molecule has 5 nitrogen and oxygen atoms in total. The maximum Gasteiger partial charge on any atom is 0.311 e. The highest BCUT2D eigenvalue weighted by molar-refractivity contribution is 5.76. The molecule has 4 rings (SSSR count). The second kappa shape index (κ2) is 9.41. The smallest absolute Gasteiger partial charge is 0.311 e. The zero-order valence-corrected chi connectivity index (χ0v) is 20.5. The third-order valence-corrected chi connectivity index (χ3v) is 9.13. The molecule has 4 saturated carbocycles. The lowest BCUT2D eigenvalue weighted by atomic mass is 9.70. The van der Waals surface area contributed by atoms with E-state index >= 15 is 0 Å². The molecule has 0 aromatic rings. The molecule has 0 amide bonds. The monoisotopic (exact) mass is 436 g/mol. The lowest BCUT2D eigenvalue weighted by Gasteiger charge is -2.39. The predicted molar refractivity (Wildman–Crippen MR) is 120 cm³/mol. The van der Waals surface area contributed by atoms with Gasteiger partial charge in [-0.2, -0.15) is 0 Å². The summed E-state index contributed by atoms with van der Waals surface area (Å²) in [5, 5.41) is 8.38. The zero-order valence-electron chi connectivity index (χ0n) is 20.5. The maximum absolute atomic E-state index is 12.4. The minimum atomic E-state index is -0.421. The van der Waals surface area contributed by atoms with Crippen LogP contribution in [0.15, 0.2) is 0 Å². The number of carbonyl (C=O) groups is 2. The van der Waals surface area contributed by atoms with Crippen molar-refractivity contribution < 1.29 is 24.2 Å². The van der Waals surface area contributed by atoms with Crippen molar-refractivity contribution in [3.8, 4) is 0 Å². The van der Waals surface area contributed by atoms with Gasteiger partial charge < -0.3 is 14.6 Å². The molecule has 4 aliphatic rings. The van der Waals surface area contributed by atoms with Crippen molar-refractivity contribution in [3.05, 3.63) is 0 Å². The molecule has 7 unspecified atom stereocenters. The van der Waals surface area contributed by atoms with Gasteiger partial charge in [0.05, 0.1) is 17.4 Å². The van der Waals surface area contributed by atoms with Crippen molar-refractivity contribution in [2.75, 3.05) is 13.2 Å². The molecule has 178 valence electrons. The molecule has 5 heteroatoms. The first-order chi connectivity index (χ1) is 14.6. The summed E-state index contributed by atoms with van der Waals surface area (Å²) in [5.41, 5.74) is -0.731. The second-order valence-corrected chi connectivity index (χ2v) is 11.7. The van der Waals surface area contributed by atoms with E-state index in [2.05, 4.69) is 6.92 Å². The molecular formula is C26H44O5. The van der Waals surface area contributed by atoms with E-state index in [1.54, 1.807) is 0 Å². The van der Waals surface area contributed by atoms with Gasteiger partial charge in [0.1, 0.15) is 12.7 Å². The van der Waals surface area contributed by atoms with Crippen LogP contribution in [0.3, 0.4) is 0 Å². The van der Waals surface area contributed by atoms with Crippen molar-refractivity contribution >= 4 is 11.9 Å². The fraction of sp³-hybridized carbons (Fsp3) is 0.923. The maximum atomic E-state index is 12.4. The normalized spacial score (nSPS) is 35.4. The van der Waals surface area contributed by atoms with Crippen molar-refractivity contribution in [2.45, 2.75) is 92.6 Å². The summed E-state index contributed by atoms with van der Waals surface area (Å²) in [4.78, 5) is 23.5. The minimum Gasteiger partial charge on any atom is -0.463 e. The molecule has 0 heterocycles. The molecule has 1 N–H and O–H groups in total. The molecule has 0 radical (unpaired) electrons. The summed E-state index contributed by atoms with van der Waals surface area (Å²) >= 11 is 0. The molecule has 7 atom stereocenters. The zero-order chi connectivity index (χ0) is 23.0. The Bertz CT molecular complexity index is 654. The van der Waals surface area contributed by atoms with E-state index in [4.69, 9.17) is 14.6 Å². The van der Waals surface area contributed by atoms with Crippen LogP contribution in [-0.2, 0) is 19.1 Å². The van der Waals surface area contributed by atoms with E-state index in [0.29, 0.717) is 5.92 Å². The summed E-state index contributed by atoms with van der Waals surface area (Å²) in [6, 6.07) is 0. The number of rotatable bonds is 7. The highest BCUT2D eigenvalue weighted by atomic mass is 16.5. The first kappa shape index (κ1) is 24.5. The minimum absolute atomic E-state index is 0.0391. The van der Waals surface area contributed by atoms with Crippen LogP contribution < -0.4 is 0 Å². The number of hydrogen-bond acceptors (Lipinski definition) is 5. The van der Waals surface area contributed by atoms with Gasteiger partial charge in [0.15, 0.2) is 0 Å². The average molecular weight is 437 g/mol. The first-order valence-corrected chi connectivity index (χ1v) is 12.5. The van der Waals surface area contributed by atoms with E-state index in [9.17, 15) is 9.59 Å². The van der Waals surface area contributed by atoms with Gasteiger partial charge in [-0.1, -0.05) is 13.8 Å². The number of ether oxygens (including phenoxy) is 2. The number of esters is 2. The molecular weight excluding hydrogens is 392 g/mol. The second-order valence-electron chi connectivity index (χ2n) is 11.7. The summed E-state index contributed by atoms with van der Waals surface area (Å²) in [6.45, 7) is 11.7. The van der Waals surface area contributed by atoms with E-state index < -0.39 is 5.41 Å². The van der Waals surface area contributed by atoms with Gasteiger partial charge in [-0.3, -0.25) is 9.59 Å². The van der Waals surface area contributed by atoms with Crippen LogP contribution in [0.25, 0.3) is 0 Å². The van der Waals surface area contributed by atoms with Gasteiger partial charge in [-0.25, -0.2) is 0 Å². The summed E-state index contributed by atoms with van der Waals surface area (Å²) < 4.78 is 10.7. The van der Waals surface area contributed by atoms with Gasteiger partial charge in [-0.15, -0.1) is 0 Å². The van der Waals surface area contributed by atoms with E-state index in [-0.39, 0.29) is 36.7 Å². The largest absolute Gasteiger partial charge is 0.463 e. The number of aliphatic hydroxyl groups is 1. The van der Waals surface area contributed by atoms with Crippen molar-refractivity contribution in [3.63, 3.8) is 0 Å². The Morgan fingerprint density at radius 2 is 1.42 bits per heavy atom. The van der Waals surface area contributed by atoms with Gasteiger partial charge in [0.2, 0.25) is 0 Å². The Balaban J connectivity index is 0.000000214. The van der Waals surface area contributed by atoms with E-state index in [0.717, 1.165) is 42.4 Å². The average Bonchev–Trinajstić information content (AvgIpc) is 3.52. The Morgan fingerprint density at radius 3 is 2.00 bits per heavy atom. The van der Waals surface area contributed by atoms with E-state index in [1.807, 2.05) is 34.6 Å². The van der Waals surface area contributed by atoms with Gasteiger partial charge >= 0.3 is 11.9 Å². The van der Waals surface area contributed by atoms with Crippen LogP contribution in [0.2, 0.25) is 0 Å². The van der Waals surface area contributed by atoms with Crippen LogP contribution in [0.4, 0.5) is 0 Å². The first-order valence-electron chi connectivity index (χ1n) is 12.5. The van der Waals surface area contributed by atoms with Crippen LogP contribution in [-0.4, -0.2) is 36.4 Å². The summed E-state index contributed by atoms with van der Waals surface area (Å²) in [5.74, 6) is 5.30. The molecule has 0 aromatic carbocycles. The molecule has 0 aromatic heterocycles. The lowest BCUT2D eigenvalue weighted by molar-refractivity contribution is -0.164. The van der Waals surface area contributed by atoms with Gasteiger partial charge in [-0.05, 0) is 108 Å². The number of carbonyl (C=O) groups excluding carboxylic acids is 2. The standard InChI is InChI=1S/C18H28O2.C8H16O3/c1-4-18(2,3)17(19)20-14-9-12-8-13(14)16-11-6-5-10(7-11)15(12)16;1-4-8(2,3)7(10)11-6-5-9/h10-16H,4-9H2,1-3H3;9H,4-6H2,1-3H3. The third kappa shape index (κ3) is 4.82. The number of hydrogen-bond donors (Lipinski definition) is 1. The quantitative estimate of drug-likeness (QED) is 0.449. The predicted octanol–water partition coefficient (Wildman–Crippen LogP) is 4.99. The van der Waals surface area contributed by atoms with E-state index in [1.165, 1.54) is 32.1 Å². The van der Waals surface area contributed by atoms with Crippen molar-refractivity contribution in [1.82, 2.24) is 0 Å². The highest BCUT2D eigenvalue weighted by Gasteiger charge is 2.63. The molecule has 4 aliphatic carbocycles. The lowest BCUT2D eigenvalue weighted by Crippen LogP contribution is -2.39. The van der Waals surface area contributed by atoms with Gasteiger partial charge in [0, 0.05) is 0 Å². The van der Waals surface area contributed by atoms with Crippen LogP contribution in [0.1, 0.15) is 86.5 Å². The number of aliphatic hydroxyl groups excluding tert-OH is 1. The summed E-state index contributed by atoms with van der Waals surface area (Å²) in [7, 11) is 0. The molecule has 0 spiro atoms. The fourth-order valence-corrected chi connectivity index (χ4v) is 6.56. The van der Waals surface area contributed by atoms with Crippen molar-refractivity contribution in [1.29, 1.82) is 0 Å². The molecule has 0 aliphatic heterocycles. The summed E-state index contributed by atoms with van der Waals surface area (Å²) in [6.07, 6.45) is 8.81. The molecule has 4 fully saturated rings. The topological polar surface area (TPSA) is 72.8 Å². The SMILES string of the molecule is CCC(C)(C)C(=O)OC1CC2CC1C1C3CCC(C3)C21.CCC(C)(C)C(=O)OCCO. The van der Waals surface area contributed by atoms with Crippen LogP contribution in [0.5, 0.6) is 0 Å². The molecule has 31 heavy (non-hydrogen) atoms. The number of fused-ring (bicyclic) bond motifs is 9. The van der Waals surface area contributed by atoms with Gasteiger partial charge in [0.25, 0.3) is 0 Å². The van der Waals surface area contributed by atoms with Crippen molar-refractivity contribution in [2.24, 2.45) is 46.3 Å². The Hall–Kier alpha value is -1.10. The highest BCUT2D eigenvalue weighted by Crippen LogP contribution is 2.67. The van der Waals surface area contributed by atoms with Crippen LogP contribution in [0, 0.1) is 46.3 Å². The third-order valence-electron chi connectivity index (χ3n) is 9.13. The fourth-order valence-electron chi connectivity index (χ4n) is 6.56. The Morgan fingerprint density at radius 1 is 0.839 bits per heavy atom. The Labute approximate surface area is 188 Å². The molecule has 4 bridgehead atoms. The molecule has 0 saturated heterocycles. The Kier molecular flexibility index (Phi) is 7.45.